The Morgan fingerprint density at radius 3 is 2.50 bits per heavy atom. The molecule has 2 N–H and O–H groups in total. The molecule has 0 aliphatic carbocycles. The first-order valence-electron chi connectivity index (χ1n) is 10.4. The number of Topliss-reactive ketones (excluding diaryl/α,β-unsaturated/α-hetero) is 1. The highest BCUT2D eigenvalue weighted by Gasteiger charge is 2.45. The predicted molar refractivity (Wildman–Crippen MR) is 115 cm³/mol. The maximum absolute atomic E-state index is 13.4. The largest absolute Gasteiger partial charge is 0.503 e. The summed E-state index contributed by atoms with van der Waals surface area (Å²) in [6.45, 7) is 13.1. The molecule has 162 valence electrons. The maximum atomic E-state index is 13.4. The van der Waals surface area contributed by atoms with E-state index in [4.69, 9.17) is 4.42 Å². The van der Waals surface area contributed by atoms with Crippen LogP contribution in [-0.4, -0.2) is 52.9 Å². The van der Waals surface area contributed by atoms with Crippen molar-refractivity contribution in [2.45, 2.75) is 47.1 Å². The number of ketones is 1. The van der Waals surface area contributed by atoms with Gasteiger partial charge in [0.25, 0.3) is 5.91 Å². The standard InChI is InChI=1S/C22H29N3O4S/c1-6-24(7-2)11-8-12-25-18(16-10-9-13(3)29-16)17(20(27)22(25)28)19(26)21-14(4)23-15(5)30-21/h9-10,18,27H,6-8,11-12H2,1-5H3/p+1/t18-/m1/s1. The Labute approximate surface area is 181 Å². The minimum atomic E-state index is -0.729. The first-order chi connectivity index (χ1) is 14.3. The third-order valence-corrected chi connectivity index (χ3v) is 6.69. The minimum Gasteiger partial charge on any atom is -0.503 e. The van der Waals surface area contributed by atoms with E-state index in [1.54, 1.807) is 24.0 Å². The van der Waals surface area contributed by atoms with Crippen LogP contribution < -0.4 is 4.90 Å². The summed E-state index contributed by atoms with van der Waals surface area (Å²) in [6, 6.07) is 2.84. The van der Waals surface area contributed by atoms with Crippen molar-refractivity contribution in [1.82, 2.24) is 9.88 Å². The fourth-order valence-electron chi connectivity index (χ4n) is 3.98. The van der Waals surface area contributed by atoms with Gasteiger partial charge in [-0.1, -0.05) is 0 Å². The number of aliphatic hydroxyl groups is 1. The van der Waals surface area contributed by atoms with Crippen LogP contribution in [0.3, 0.4) is 0 Å². The summed E-state index contributed by atoms with van der Waals surface area (Å²) in [5.41, 5.74) is 0.685. The molecular formula is C22H30N3O4S+. The van der Waals surface area contributed by atoms with Crippen LogP contribution in [0.2, 0.25) is 0 Å². The Hall–Kier alpha value is -2.45. The molecule has 7 nitrogen and oxygen atoms in total. The van der Waals surface area contributed by atoms with Crippen LogP contribution in [0.4, 0.5) is 0 Å². The number of amides is 1. The van der Waals surface area contributed by atoms with Gasteiger partial charge in [0.1, 0.15) is 17.6 Å². The van der Waals surface area contributed by atoms with E-state index >= 15 is 0 Å². The molecule has 1 aliphatic rings. The van der Waals surface area contributed by atoms with Crippen molar-refractivity contribution in [3.05, 3.63) is 50.6 Å². The molecule has 8 heteroatoms. The molecule has 0 spiro atoms. The molecule has 3 rings (SSSR count). The topological polar surface area (TPSA) is 88.1 Å². The molecule has 0 saturated heterocycles. The van der Waals surface area contributed by atoms with Gasteiger partial charge in [0.15, 0.2) is 5.76 Å². The van der Waals surface area contributed by atoms with E-state index in [9.17, 15) is 14.7 Å². The average Bonchev–Trinajstić information content (AvgIpc) is 3.36. The molecule has 0 aromatic carbocycles. The van der Waals surface area contributed by atoms with Crippen molar-refractivity contribution >= 4 is 23.0 Å². The molecule has 0 unspecified atom stereocenters. The maximum Gasteiger partial charge on any atom is 0.290 e. The van der Waals surface area contributed by atoms with Gasteiger partial charge in [-0.3, -0.25) is 9.59 Å². The number of carbonyl (C=O) groups is 2. The third kappa shape index (κ3) is 4.20. The second-order valence-corrected chi connectivity index (χ2v) is 8.85. The molecule has 30 heavy (non-hydrogen) atoms. The Morgan fingerprint density at radius 2 is 1.97 bits per heavy atom. The number of thiazole rings is 1. The van der Waals surface area contributed by atoms with Crippen LogP contribution in [0.5, 0.6) is 0 Å². The van der Waals surface area contributed by atoms with Crippen LogP contribution in [0.25, 0.3) is 0 Å². The summed E-state index contributed by atoms with van der Waals surface area (Å²) in [4.78, 5) is 34.1. The Morgan fingerprint density at radius 1 is 1.27 bits per heavy atom. The van der Waals surface area contributed by atoms with Crippen LogP contribution in [-0.2, 0) is 4.79 Å². The molecule has 0 saturated carbocycles. The molecule has 1 amide bonds. The van der Waals surface area contributed by atoms with Crippen molar-refractivity contribution in [1.29, 1.82) is 0 Å². The number of rotatable bonds is 9. The number of quaternary nitrogens is 1. The number of furan rings is 1. The lowest BCUT2D eigenvalue weighted by molar-refractivity contribution is -0.896. The molecule has 2 aromatic heterocycles. The van der Waals surface area contributed by atoms with Crippen LogP contribution in [0.1, 0.15) is 58.2 Å². The fraction of sp³-hybridized carbons (Fsp3) is 0.500. The summed E-state index contributed by atoms with van der Waals surface area (Å²) in [5, 5.41) is 11.5. The zero-order valence-electron chi connectivity index (χ0n) is 18.2. The van der Waals surface area contributed by atoms with Crippen molar-refractivity contribution < 1.29 is 24.0 Å². The van der Waals surface area contributed by atoms with Crippen LogP contribution >= 0.6 is 11.3 Å². The van der Waals surface area contributed by atoms with Gasteiger partial charge in [-0.25, -0.2) is 4.98 Å². The fourth-order valence-corrected chi connectivity index (χ4v) is 4.85. The lowest BCUT2D eigenvalue weighted by Gasteiger charge is -2.25. The van der Waals surface area contributed by atoms with E-state index in [1.807, 2.05) is 13.8 Å². The second-order valence-electron chi connectivity index (χ2n) is 7.65. The van der Waals surface area contributed by atoms with Gasteiger partial charge in [-0.05, 0) is 46.8 Å². The zero-order valence-corrected chi connectivity index (χ0v) is 19.1. The van der Waals surface area contributed by atoms with E-state index in [0.29, 0.717) is 28.6 Å². The minimum absolute atomic E-state index is 0.0799. The predicted octanol–water partition coefficient (Wildman–Crippen LogP) is 2.55. The Bertz CT molecular complexity index is 971. The molecule has 2 aromatic rings. The van der Waals surface area contributed by atoms with Crippen molar-refractivity contribution in [2.75, 3.05) is 26.2 Å². The molecule has 1 aliphatic heterocycles. The number of nitrogens with zero attached hydrogens (tertiary/aromatic N) is 2. The van der Waals surface area contributed by atoms with Gasteiger partial charge < -0.3 is 19.3 Å². The van der Waals surface area contributed by atoms with Gasteiger partial charge >= 0.3 is 0 Å². The molecule has 0 bridgehead atoms. The number of aryl methyl sites for hydroxylation is 3. The first-order valence-corrected chi connectivity index (χ1v) is 11.2. The van der Waals surface area contributed by atoms with Crippen LogP contribution in [0.15, 0.2) is 27.9 Å². The molecule has 0 fully saturated rings. The molecular weight excluding hydrogens is 402 g/mol. The second kappa shape index (κ2) is 9.14. The van der Waals surface area contributed by atoms with Gasteiger partial charge in [0, 0.05) is 13.0 Å². The monoisotopic (exact) mass is 432 g/mol. The zero-order chi connectivity index (χ0) is 22.0. The van der Waals surface area contributed by atoms with E-state index in [-0.39, 0.29) is 11.4 Å². The summed E-state index contributed by atoms with van der Waals surface area (Å²) in [7, 11) is 0. The number of nitrogens with one attached hydrogen (secondary N) is 1. The highest BCUT2D eigenvalue weighted by Crippen LogP contribution is 2.40. The van der Waals surface area contributed by atoms with Gasteiger partial charge in [-0.2, -0.15) is 0 Å². The van der Waals surface area contributed by atoms with Gasteiger partial charge in [0.2, 0.25) is 5.78 Å². The van der Waals surface area contributed by atoms with Crippen molar-refractivity contribution in [3.8, 4) is 0 Å². The highest BCUT2D eigenvalue weighted by molar-refractivity contribution is 7.14. The average molecular weight is 433 g/mol. The Kier molecular flexibility index (Phi) is 6.77. The summed E-state index contributed by atoms with van der Waals surface area (Å²) in [6.07, 6.45) is 0.770. The SMILES string of the molecule is CC[NH+](CC)CCCN1C(=O)C(O)=C(C(=O)c2sc(C)nc2C)[C@H]1c1ccc(C)o1. The Balaban J connectivity index is 1.95. The summed E-state index contributed by atoms with van der Waals surface area (Å²) < 4.78 is 5.81. The molecule has 0 radical (unpaired) electrons. The summed E-state index contributed by atoms with van der Waals surface area (Å²) in [5.74, 6) is -0.194. The van der Waals surface area contributed by atoms with Crippen molar-refractivity contribution in [2.24, 2.45) is 0 Å². The molecule has 1 atom stereocenters. The first kappa shape index (κ1) is 22.2. The highest BCUT2D eigenvalue weighted by atomic mass is 32.1. The van der Waals surface area contributed by atoms with Gasteiger partial charge in [-0.15, -0.1) is 11.3 Å². The quantitative estimate of drug-likeness (QED) is 0.595. The lowest BCUT2D eigenvalue weighted by atomic mass is 9.99. The normalized spacial score (nSPS) is 16.9. The number of hydrogen-bond donors (Lipinski definition) is 2. The van der Waals surface area contributed by atoms with E-state index in [1.165, 1.54) is 16.2 Å². The number of aliphatic hydroxyl groups excluding tert-OH is 1. The number of aromatic nitrogens is 1. The lowest BCUT2D eigenvalue weighted by Crippen LogP contribution is -3.11. The van der Waals surface area contributed by atoms with Crippen LogP contribution in [0, 0.1) is 20.8 Å². The van der Waals surface area contributed by atoms with E-state index in [0.717, 1.165) is 31.1 Å². The summed E-state index contributed by atoms with van der Waals surface area (Å²) >= 11 is 1.27. The number of carbonyl (C=O) groups excluding carboxylic acids is 2. The van der Waals surface area contributed by atoms with Crippen molar-refractivity contribution in [3.63, 3.8) is 0 Å². The van der Waals surface area contributed by atoms with Gasteiger partial charge in [0.05, 0.1) is 40.8 Å². The smallest absolute Gasteiger partial charge is 0.290 e. The third-order valence-electron chi connectivity index (χ3n) is 5.62. The van der Waals surface area contributed by atoms with E-state index in [2.05, 4.69) is 18.8 Å². The molecule has 3 heterocycles. The van der Waals surface area contributed by atoms with E-state index < -0.39 is 17.7 Å². The number of hydrogen-bond acceptors (Lipinski definition) is 6.